The van der Waals surface area contributed by atoms with Crippen LogP contribution in [0.5, 0.6) is 0 Å². The number of hydrogen-bond acceptors (Lipinski definition) is 6. The van der Waals surface area contributed by atoms with Gasteiger partial charge in [-0.1, -0.05) is 0 Å². The molecule has 72 valence electrons. The van der Waals surface area contributed by atoms with Gasteiger partial charge in [-0.05, 0) is 0 Å². The summed E-state index contributed by atoms with van der Waals surface area (Å²) in [6.45, 7) is 0. The van der Waals surface area contributed by atoms with Crippen molar-refractivity contribution in [1.29, 1.82) is 0 Å². The molecular formula is C6H14N2O4. The van der Waals surface area contributed by atoms with Gasteiger partial charge < -0.3 is 31.9 Å². The minimum Gasteiger partial charge on any atom is -0.390 e. The highest BCUT2D eigenvalue weighted by Crippen LogP contribution is 2.23. The van der Waals surface area contributed by atoms with Crippen LogP contribution in [0, 0.1) is 0 Å². The van der Waals surface area contributed by atoms with E-state index < -0.39 is 30.1 Å². The third kappa shape index (κ3) is 1.33. The number of aliphatic hydroxyl groups is 4. The Bertz CT molecular complexity index is 159. The summed E-state index contributed by atoms with van der Waals surface area (Å²) in [4.78, 5) is 0. The second kappa shape index (κ2) is 2.91. The van der Waals surface area contributed by atoms with Crippen molar-refractivity contribution in [1.82, 2.24) is 0 Å². The lowest BCUT2D eigenvalue weighted by molar-refractivity contribution is -0.155. The molecule has 0 amide bonds. The Morgan fingerprint density at radius 2 is 1.25 bits per heavy atom. The Hall–Kier alpha value is -0.240. The fraction of sp³-hybridized carbons (Fsp3) is 1.00. The smallest absolute Gasteiger partial charge is 0.122 e. The molecule has 0 saturated heterocycles. The van der Waals surface area contributed by atoms with Crippen LogP contribution in [0.15, 0.2) is 0 Å². The second-order valence-electron chi connectivity index (χ2n) is 3.26. The lowest BCUT2D eigenvalue weighted by atomic mass is 9.81. The highest BCUT2D eigenvalue weighted by Gasteiger charge is 2.49. The molecule has 1 aliphatic rings. The third-order valence-electron chi connectivity index (χ3n) is 2.24. The molecule has 8 N–H and O–H groups in total. The molecule has 0 aromatic rings. The molecule has 0 bridgehead atoms. The van der Waals surface area contributed by atoms with E-state index in [2.05, 4.69) is 0 Å². The van der Waals surface area contributed by atoms with Gasteiger partial charge in [-0.2, -0.15) is 0 Å². The van der Waals surface area contributed by atoms with Crippen molar-refractivity contribution in [2.45, 2.75) is 36.5 Å². The number of nitrogens with two attached hydrogens (primary N) is 2. The number of hydrogen-bond donors (Lipinski definition) is 6. The van der Waals surface area contributed by atoms with Crippen LogP contribution in [0.25, 0.3) is 0 Å². The zero-order valence-corrected chi connectivity index (χ0v) is 6.46. The average molecular weight is 178 g/mol. The Morgan fingerprint density at radius 1 is 0.917 bits per heavy atom. The summed E-state index contributed by atoms with van der Waals surface area (Å²) >= 11 is 0. The SMILES string of the molecule is NC1(N)C(O)C(O)CC(O)C1O. The van der Waals surface area contributed by atoms with Crippen LogP contribution in [0.4, 0.5) is 0 Å². The quantitative estimate of drug-likeness (QED) is 0.213. The summed E-state index contributed by atoms with van der Waals surface area (Å²) in [5, 5.41) is 36.7. The molecule has 1 fully saturated rings. The Labute approximate surface area is 69.4 Å². The predicted molar refractivity (Wildman–Crippen MR) is 39.8 cm³/mol. The predicted octanol–water partition coefficient (Wildman–Crippen LogP) is -3.55. The maximum absolute atomic E-state index is 9.22. The first-order chi connectivity index (χ1) is 5.37. The van der Waals surface area contributed by atoms with E-state index in [0.717, 1.165) is 0 Å². The molecule has 0 heterocycles. The normalized spacial score (nSPS) is 47.5. The zero-order valence-electron chi connectivity index (χ0n) is 6.46. The van der Waals surface area contributed by atoms with E-state index in [0.29, 0.717) is 0 Å². The average Bonchev–Trinajstić information content (AvgIpc) is 1.99. The van der Waals surface area contributed by atoms with Crippen LogP contribution in [0.3, 0.4) is 0 Å². The van der Waals surface area contributed by atoms with Crippen molar-refractivity contribution in [2.24, 2.45) is 11.5 Å². The summed E-state index contributed by atoms with van der Waals surface area (Å²) in [5.41, 5.74) is 8.76. The fourth-order valence-electron chi connectivity index (χ4n) is 1.35. The Morgan fingerprint density at radius 3 is 1.58 bits per heavy atom. The second-order valence-corrected chi connectivity index (χ2v) is 3.26. The largest absolute Gasteiger partial charge is 0.390 e. The van der Waals surface area contributed by atoms with E-state index in [4.69, 9.17) is 21.7 Å². The molecule has 1 rings (SSSR count). The van der Waals surface area contributed by atoms with Gasteiger partial charge >= 0.3 is 0 Å². The van der Waals surface area contributed by atoms with Crippen LogP contribution in [-0.2, 0) is 0 Å². The maximum atomic E-state index is 9.22. The van der Waals surface area contributed by atoms with Crippen LogP contribution in [0.1, 0.15) is 6.42 Å². The first-order valence-electron chi connectivity index (χ1n) is 3.67. The van der Waals surface area contributed by atoms with Crippen molar-refractivity contribution in [3.63, 3.8) is 0 Å². The van der Waals surface area contributed by atoms with E-state index in [1.54, 1.807) is 0 Å². The minimum absolute atomic E-state index is 0.127. The van der Waals surface area contributed by atoms with Crippen LogP contribution in [0.2, 0.25) is 0 Å². The van der Waals surface area contributed by atoms with Gasteiger partial charge in [-0.25, -0.2) is 0 Å². The van der Waals surface area contributed by atoms with E-state index in [1.165, 1.54) is 0 Å². The van der Waals surface area contributed by atoms with Gasteiger partial charge in [0.1, 0.15) is 17.9 Å². The van der Waals surface area contributed by atoms with E-state index in [9.17, 15) is 10.2 Å². The minimum atomic E-state index is -1.85. The third-order valence-corrected chi connectivity index (χ3v) is 2.24. The lowest BCUT2D eigenvalue weighted by Crippen LogP contribution is -2.75. The molecule has 0 aliphatic heterocycles. The number of rotatable bonds is 0. The van der Waals surface area contributed by atoms with Crippen molar-refractivity contribution in [3.05, 3.63) is 0 Å². The molecule has 0 spiro atoms. The van der Waals surface area contributed by atoms with E-state index >= 15 is 0 Å². The number of aliphatic hydroxyl groups excluding tert-OH is 4. The summed E-state index contributed by atoms with van der Waals surface area (Å²) < 4.78 is 0. The highest BCUT2D eigenvalue weighted by atomic mass is 16.4. The van der Waals surface area contributed by atoms with Crippen molar-refractivity contribution in [2.75, 3.05) is 0 Å². The molecule has 4 unspecified atom stereocenters. The van der Waals surface area contributed by atoms with Crippen molar-refractivity contribution >= 4 is 0 Å². The molecule has 4 atom stereocenters. The maximum Gasteiger partial charge on any atom is 0.122 e. The van der Waals surface area contributed by atoms with Gasteiger partial charge in [0.2, 0.25) is 0 Å². The van der Waals surface area contributed by atoms with Crippen molar-refractivity contribution in [3.8, 4) is 0 Å². The molecule has 0 radical (unpaired) electrons. The molecule has 1 saturated carbocycles. The van der Waals surface area contributed by atoms with Gasteiger partial charge in [-0.15, -0.1) is 0 Å². The summed E-state index contributed by atoms with van der Waals surface area (Å²) in [6, 6.07) is 0. The van der Waals surface area contributed by atoms with E-state index in [1.807, 2.05) is 0 Å². The molecular weight excluding hydrogens is 164 g/mol. The van der Waals surface area contributed by atoms with E-state index in [-0.39, 0.29) is 6.42 Å². The molecule has 0 aromatic heterocycles. The topological polar surface area (TPSA) is 133 Å². The summed E-state index contributed by atoms with van der Waals surface area (Å²) in [7, 11) is 0. The van der Waals surface area contributed by atoms with Crippen LogP contribution in [-0.4, -0.2) is 50.5 Å². The van der Waals surface area contributed by atoms with Gasteiger partial charge in [0.25, 0.3) is 0 Å². The molecule has 1 aliphatic carbocycles. The van der Waals surface area contributed by atoms with Crippen LogP contribution < -0.4 is 11.5 Å². The molecule has 6 nitrogen and oxygen atoms in total. The van der Waals surface area contributed by atoms with Gasteiger partial charge in [0, 0.05) is 6.42 Å². The monoisotopic (exact) mass is 178 g/mol. The Kier molecular flexibility index (Phi) is 2.39. The zero-order chi connectivity index (χ0) is 9.52. The molecule has 12 heavy (non-hydrogen) atoms. The summed E-state index contributed by atoms with van der Waals surface area (Å²) in [5.74, 6) is 0. The first-order valence-corrected chi connectivity index (χ1v) is 3.67. The summed E-state index contributed by atoms with van der Waals surface area (Å²) in [6.07, 6.45) is -5.36. The van der Waals surface area contributed by atoms with Gasteiger partial charge in [-0.3, -0.25) is 0 Å². The van der Waals surface area contributed by atoms with Gasteiger partial charge in [0.15, 0.2) is 0 Å². The highest BCUT2D eigenvalue weighted by molar-refractivity contribution is 5.03. The standard InChI is InChI=1S/C6H14N2O4/c7-6(8)4(11)2(9)1-3(10)5(6)12/h2-5,9-12H,1,7-8H2. The van der Waals surface area contributed by atoms with Crippen molar-refractivity contribution < 1.29 is 20.4 Å². The fourth-order valence-corrected chi connectivity index (χ4v) is 1.35. The molecule has 0 aromatic carbocycles. The Balaban J connectivity index is 2.82. The first kappa shape index (κ1) is 9.85. The van der Waals surface area contributed by atoms with Gasteiger partial charge in [0.05, 0.1) is 12.2 Å². The molecule has 6 heteroatoms. The lowest BCUT2D eigenvalue weighted by Gasteiger charge is -2.43. The van der Waals surface area contributed by atoms with Crippen LogP contribution >= 0.6 is 0 Å².